The van der Waals surface area contributed by atoms with Gasteiger partial charge in [-0.2, -0.15) is 0 Å². The lowest BCUT2D eigenvalue weighted by Gasteiger charge is -2.03. The predicted molar refractivity (Wildman–Crippen MR) is 48.4 cm³/mol. The van der Waals surface area contributed by atoms with Crippen molar-refractivity contribution in [3.63, 3.8) is 0 Å². The van der Waals surface area contributed by atoms with Gasteiger partial charge in [-0.3, -0.25) is 0 Å². The highest BCUT2D eigenvalue weighted by Crippen LogP contribution is 2.09. The molecule has 0 saturated carbocycles. The van der Waals surface area contributed by atoms with Crippen LogP contribution in [0.3, 0.4) is 0 Å². The van der Waals surface area contributed by atoms with Crippen LogP contribution in [-0.2, 0) is 0 Å². The second-order valence-corrected chi connectivity index (χ2v) is 2.58. The number of hydrogen-bond acceptors (Lipinski definition) is 0. The number of hydrogen-bond donors (Lipinski definition) is 0. The van der Waals surface area contributed by atoms with Crippen LogP contribution in [0.1, 0.15) is 33.1 Å². The molecule has 0 heterocycles. The summed E-state index contributed by atoms with van der Waals surface area (Å²) in [6, 6.07) is 0. The third-order valence-electron chi connectivity index (χ3n) is 1.79. The quantitative estimate of drug-likeness (QED) is 0.402. The first-order valence-corrected chi connectivity index (χ1v) is 4.21. The summed E-state index contributed by atoms with van der Waals surface area (Å²) >= 11 is 0. The van der Waals surface area contributed by atoms with Gasteiger partial charge in [0, 0.05) is 0 Å². The summed E-state index contributed by atoms with van der Waals surface area (Å²) in [5, 5.41) is 0. The van der Waals surface area contributed by atoms with Crippen LogP contribution in [0.4, 0.5) is 0 Å². The van der Waals surface area contributed by atoms with Gasteiger partial charge in [0.25, 0.3) is 0 Å². The molecule has 0 aliphatic rings. The predicted octanol–water partition coefficient (Wildman–Crippen LogP) is 2.96. The van der Waals surface area contributed by atoms with Crippen molar-refractivity contribution < 1.29 is 0 Å². The van der Waals surface area contributed by atoms with E-state index < -0.39 is 0 Å². The molecule has 0 spiro atoms. The highest BCUT2D eigenvalue weighted by molar-refractivity contribution is 6.08. The van der Waals surface area contributed by atoms with E-state index in [-0.39, 0.29) is 0 Å². The molecule has 0 aromatic heterocycles. The van der Waals surface area contributed by atoms with Gasteiger partial charge in [-0.1, -0.05) is 32.3 Å². The van der Waals surface area contributed by atoms with Gasteiger partial charge in [0.05, 0.1) is 7.85 Å². The Bertz CT molecular complexity index is 82.7. The molecule has 0 rings (SSSR count). The van der Waals surface area contributed by atoms with Gasteiger partial charge in [-0.05, 0) is 25.2 Å². The normalized spacial score (nSPS) is 11.5. The molecule has 0 aromatic carbocycles. The monoisotopic (exact) mass is 136 g/mol. The fraction of sp³-hybridized carbons (Fsp3) is 0.778. The fourth-order valence-electron chi connectivity index (χ4n) is 0.946. The van der Waals surface area contributed by atoms with Gasteiger partial charge >= 0.3 is 0 Å². The Morgan fingerprint density at radius 2 is 1.90 bits per heavy atom. The highest BCUT2D eigenvalue weighted by Gasteiger charge is 1.94. The molecule has 0 amide bonds. The Morgan fingerprint density at radius 1 is 1.30 bits per heavy atom. The first-order valence-electron chi connectivity index (χ1n) is 4.21. The van der Waals surface area contributed by atoms with Gasteiger partial charge in [0.1, 0.15) is 0 Å². The van der Waals surface area contributed by atoms with Gasteiger partial charge in [0.15, 0.2) is 0 Å². The topological polar surface area (TPSA) is 0 Å². The summed E-state index contributed by atoms with van der Waals surface area (Å²) in [6.45, 7) is 4.45. The van der Waals surface area contributed by atoms with Crippen LogP contribution >= 0.6 is 0 Å². The van der Waals surface area contributed by atoms with Crippen LogP contribution in [0.15, 0.2) is 12.2 Å². The Kier molecular flexibility index (Phi) is 6.78. The molecule has 2 radical (unpaired) electrons. The Morgan fingerprint density at radius 3 is 2.30 bits per heavy atom. The summed E-state index contributed by atoms with van der Waals surface area (Å²) < 4.78 is 0. The van der Waals surface area contributed by atoms with Crippen molar-refractivity contribution in [1.29, 1.82) is 0 Å². The molecule has 0 aromatic rings. The molecule has 0 aliphatic heterocycles. The van der Waals surface area contributed by atoms with Crippen LogP contribution < -0.4 is 0 Å². The zero-order chi connectivity index (χ0) is 7.82. The van der Waals surface area contributed by atoms with Crippen molar-refractivity contribution in [3.05, 3.63) is 12.2 Å². The molecule has 0 atom stereocenters. The Balaban J connectivity index is 3.40. The smallest absolute Gasteiger partial charge is 0.0657 e. The van der Waals surface area contributed by atoms with E-state index in [0.29, 0.717) is 0 Å². The molecule has 0 unspecified atom stereocenters. The maximum Gasteiger partial charge on any atom is 0.0657 e. The minimum Gasteiger partial charge on any atom is -0.0890 e. The molecule has 0 saturated heterocycles. The molecule has 0 fully saturated rings. The average Bonchev–Trinajstić information content (AvgIpc) is 1.99. The molecule has 0 nitrogen and oxygen atoms in total. The zero-order valence-electron chi connectivity index (χ0n) is 7.14. The van der Waals surface area contributed by atoms with E-state index in [0.717, 1.165) is 18.7 Å². The Labute approximate surface area is 66.1 Å². The lowest BCUT2D eigenvalue weighted by molar-refractivity contribution is 0.604. The maximum absolute atomic E-state index is 5.35. The first-order chi connectivity index (χ1) is 4.85. The fourth-order valence-corrected chi connectivity index (χ4v) is 0.946. The van der Waals surface area contributed by atoms with Crippen LogP contribution in [0.25, 0.3) is 0 Å². The van der Waals surface area contributed by atoms with E-state index in [2.05, 4.69) is 26.0 Å². The van der Waals surface area contributed by atoms with Crippen LogP contribution in [-0.4, -0.2) is 7.85 Å². The van der Waals surface area contributed by atoms with Crippen molar-refractivity contribution >= 4 is 7.85 Å². The molecule has 56 valence electrons. The summed E-state index contributed by atoms with van der Waals surface area (Å²) in [5.74, 6) is 0.770. The van der Waals surface area contributed by atoms with Gasteiger partial charge in [0.2, 0.25) is 0 Å². The second kappa shape index (κ2) is 6.92. The van der Waals surface area contributed by atoms with Crippen LogP contribution in [0.5, 0.6) is 0 Å². The second-order valence-electron chi connectivity index (χ2n) is 2.58. The van der Waals surface area contributed by atoms with E-state index in [1.165, 1.54) is 12.8 Å². The van der Waals surface area contributed by atoms with E-state index in [4.69, 9.17) is 7.85 Å². The SMILES string of the molecule is [B]CCC=CC(CC)CC. The molecule has 0 bridgehead atoms. The molecular formula is C9H17B. The minimum absolute atomic E-state index is 0.770. The first kappa shape index (κ1) is 9.80. The Hall–Kier alpha value is -0.195. The zero-order valence-corrected chi connectivity index (χ0v) is 7.14. The third kappa shape index (κ3) is 4.66. The molecule has 0 aliphatic carbocycles. The van der Waals surface area contributed by atoms with Crippen molar-refractivity contribution in [1.82, 2.24) is 0 Å². The molecule has 1 heteroatoms. The largest absolute Gasteiger partial charge is 0.0890 e. The van der Waals surface area contributed by atoms with Gasteiger partial charge in [-0.15, -0.1) is 0 Å². The van der Waals surface area contributed by atoms with E-state index in [1.807, 2.05) is 0 Å². The third-order valence-corrected chi connectivity index (χ3v) is 1.79. The van der Waals surface area contributed by atoms with E-state index in [9.17, 15) is 0 Å². The molecular weight excluding hydrogens is 119 g/mol. The number of allylic oxidation sites excluding steroid dienone is 2. The standard InChI is InChI=1S/C9H17B/c1-3-9(4-2)7-5-6-8-10/h5,7,9H,3-4,6,8H2,1-2H3. The minimum atomic E-state index is 0.770. The molecule has 0 N–H and O–H groups in total. The van der Waals surface area contributed by atoms with Crippen molar-refractivity contribution in [2.45, 2.75) is 39.4 Å². The summed E-state index contributed by atoms with van der Waals surface area (Å²) in [6.07, 6.45) is 8.77. The lowest BCUT2D eigenvalue weighted by atomic mass is 9.99. The summed E-state index contributed by atoms with van der Waals surface area (Å²) in [5.41, 5.74) is 0. The van der Waals surface area contributed by atoms with E-state index in [1.54, 1.807) is 0 Å². The van der Waals surface area contributed by atoms with E-state index >= 15 is 0 Å². The van der Waals surface area contributed by atoms with Crippen molar-refractivity contribution in [3.8, 4) is 0 Å². The average molecular weight is 136 g/mol. The summed E-state index contributed by atoms with van der Waals surface area (Å²) in [7, 11) is 5.35. The summed E-state index contributed by atoms with van der Waals surface area (Å²) in [4.78, 5) is 0. The highest BCUT2D eigenvalue weighted by atomic mass is 14.0. The van der Waals surface area contributed by atoms with Gasteiger partial charge in [-0.25, -0.2) is 0 Å². The maximum atomic E-state index is 5.35. The molecule has 10 heavy (non-hydrogen) atoms. The lowest BCUT2D eigenvalue weighted by Crippen LogP contribution is -1.89. The van der Waals surface area contributed by atoms with Crippen LogP contribution in [0, 0.1) is 5.92 Å². The van der Waals surface area contributed by atoms with Gasteiger partial charge < -0.3 is 0 Å². The van der Waals surface area contributed by atoms with Crippen LogP contribution in [0.2, 0.25) is 6.32 Å². The van der Waals surface area contributed by atoms with Crippen molar-refractivity contribution in [2.24, 2.45) is 5.92 Å². The van der Waals surface area contributed by atoms with Crippen molar-refractivity contribution in [2.75, 3.05) is 0 Å². The number of rotatable bonds is 5.